The lowest BCUT2D eigenvalue weighted by molar-refractivity contribution is 0.245. The highest BCUT2D eigenvalue weighted by molar-refractivity contribution is 5.85. The molecule has 1 aliphatic rings. The zero-order valence-corrected chi connectivity index (χ0v) is 16.1. The van der Waals surface area contributed by atoms with Crippen LogP contribution in [0.25, 0.3) is 0 Å². The molecule has 0 unspecified atom stereocenters. The average molecular weight is 364 g/mol. The van der Waals surface area contributed by atoms with E-state index in [-0.39, 0.29) is 12.4 Å². The summed E-state index contributed by atoms with van der Waals surface area (Å²) < 4.78 is 8.18. The number of aromatic nitrogens is 2. The molecule has 25 heavy (non-hydrogen) atoms. The SMILES string of the molecule is CNCc1cc(OCc2ccc(C)cc2)n(CC2CCCCC2)n1.Cl. The molecule has 0 saturated heterocycles. The fourth-order valence-corrected chi connectivity index (χ4v) is 3.42. The molecule has 3 rings (SSSR count). The number of hydrogen-bond donors (Lipinski definition) is 1. The summed E-state index contributed by atoms with van der Waals surface area (Å²) >= 11 is 0. The summed E-state index contributed by atoms with van der Waals surface area (Å²) in [6, 6.07) is 10.6. The summed E-state index contributed by atoms with van der Waals surface area (Å²) in [5, 5.41) is 7.93. The van der Waals surface area contributed by atoms with Crippen LogP contribution in [0.4, 0.5) is 0 Å². The van der Waals surface area contributed by atoms with Crippen LogP contribution < -0.4 is 10.1 Å². The Kier molecular flexibility index (Phi) is 7.79. The minimum Gasteiger partial charge on any atom is -0.473 e. The zero-order valence-electron chi connectivity index (χ0n) is 15.3. The van der Waals surface area contributed by atoms with Gasteiger partial charge in [0.15, 0.2) is 0 Å². The van der Waals surface area contributed by atoms with Crippen LogP contribution in [0.2, 0.25) is 0 Å². The van der Waals surface area contributed by atoms with E-state index in [0.717, 1.165) is 30.6 Å². The van der Waals surface area contributed by atoms with E-state index >= 15 is 0 Å². The van der Waals surface area contributed by atoms with Gasteiger partial charge in [-0.05, 0) is 38.3 Å². The van der Waals surface area contributed by atoms with Crippen LogP contribution in [0.3, 0.4) is 0 Å². The third kappa shape index (κ3) is 5.75. The van der Waals surface area contributed by atoms with Crippen LogP contribution in [0.15, 0.2) is 30.3 Å². The molecule has 4 nitrogen and oxygen atoms in total. The van der Waals surface area contributed by atoms with Crippen molar-refractivity contribution in [3.05, 3.63) is 47.2 Å². The van der Waals surface area contributed by atoms with Crippen LogP contribution in [0, 0.1) is 12.8 Å². The second kappa shape index (κ2) is 9.83. The Morgan fingerprint density at radius 2 is 1.88 bits per heavy atom. The minimum atomic E-state index is 0. The first-order chi connectivity index (χ1) is 11.7. The topological polar surface area (TPSA) is 39.1 Å². The molecule has 5 heteroatoms. The smallest absolute Gasteiger partial charge is 0.212 e. The lowest BCUT2D eigenvalue weighted by Gasteiger charge is -2.22. The molecule has 1 saturated carbocycles. The van der Waals surface area contributed by atoms with Gasteiger partial charge in [0.1, 0.15) is 6.61 Å². The molecule has 1 fully saturated rings. The molecule has 0 spiro atoms. The van der Waals surface area contributed by atoms with Gasteiger partial charge in [0.25, 0.3) is 0 Å². The van der Waals surface area contributed by atoms with Gasteiger partial charge in [0, 0.05) is 19.2 Å². The van der Waals surface area contributed by atoms with Crippen molar-refractivity contribution in [2.24, 2.45) is 5.92 Å². The predicted molar refractivity (Wildman–Crippen MR) is 104 cm³/mol. The van der Waals surface area contributed by atoms with Gasteiger partial charge in [-0.15, -0.1) is 12.4 Å². The molecule has 1 aromatic heterocycles. The van der Waals surface area contributed by atoms with E-state index in [2.05, 4.69) is 47.3 Å². The van der Waals surface area contributed by atoms with Gasteiger partial charge in [0.2, 0.25) is 5.88 Å². The summed E-state index contributed by atoms with van der Waals surface area (Å²) in [6.07, 6.45) is 6.73. The van der Waals surface area contributed by atoms with Gasteiger partial charge in [0.05, 0.1) is 5.69 Å². The Labute approximate surface area is 157 Å². The molecule has 0 amide bonds. The number of nitrogens with zero attached hydrogens (tertiary/aromatic N) is 2. The first-order valence-electron chi connectivity index (χ1n) is 9.14. The highest BCUT2D eigenvalue weighted by Crippen LogP contribution is 2.27. The van der Waals surface area contributed by atoms with Crippen molar-refractivity contribution in [3.8, 4) is 5.88 Å². The van der Waals surface area contributed by atoms with E-state index < -0.39 is 0 Å². The third-order valence-corrected chi connectivity index (χ3v) is 4.81. The van der Waals surface area contributed by atoms with E-state index in [9.17, 15) is 0 Å². The normalized spacial score (nSPS) is 15.0. The Bertz CT molecular complexity index is 633. The van der Waals surface area contributed by atoms with Gasteiger partial charge >= 0.3 is 0 Å². The van der Waals surface area contributed by atoms with Crippen molar-refractivity contribution in [2.45, 2.75) is 58.7 Å². The van der Waals surface area contributed by atoms with Gasteiger partial charge in [-0.3, -0.25) is 0 Å². The number of ether oxygens (including phenoxy) is 1. The molecular formula is C20H30ClN3O. The molecule has 0 radical (unpaired) electrons. The maximum absolute atomic E-state index is 6.10. The van der Waals surface area contributed by atoms with Crippen molar-refractivity contribution in [1.29, 1.82) is 0 Å². The lowest BCUT2D eigenvalue weighted by Crippen LogP contribution is -2.16. The average Bonchev–Trinajstić information content (AvgIpc) is 2.97. The number of nitrogens with one attached hydrogen (secondary N) is 1. The van der Waals surface area contributed by atoms with Crippen LogP contribution in [-0.2, 0) is 19.7 Å². The third-order valence-electron chi connectivity index (χ3n) is 4.81. The summed E-state index contributed by atoms with van der Waals surface area (Å²) in [5.41, 5.74) is 3.52. The molecule has 0 atom stereocenters. The standard InChI is InChI=1S/C20H29N3O.ClH/c1-16-8-10-18(11-9-16)15-24-20-12-19(13-21-2)22-23(20)14-17-6-4-3-5-7-17;/h8-12,17,21H,3-7,13-15H2,1-2H3;1H. The maximum Gasteiger partial charge on any atom is 0.212 e. The quantitative estimate of drug-likeness (QED) is 0.787. The molecule has 1 aliphatic carbocycles. The summed E-state index contributed by atoms with van der Waals surface area (Å²) in [5.74, 6) is 1.63. The first kappa shape index (κ1) is 19.8. The van der Waals surface area contributed by atoms with E-state index in [1.807, 2.05) is 7.05 Å². The van der Waals surface area contributed by atoms with Gasteiger partial charge < -0.3 is 10.1 Å². The molecule has 2 aromatic rings. The van der Waals surface area contributed by atoms with Crippen LogP contribution in [-0.4, -0.2) is 16.8 Å². The molecule has 1 N–H and O–H groups in total. The first-order valence-corrected chi connectivity index (χ1v) is 9.14. The summed E-state index contributed by atoms with van der Waals surface area (Å²) in [4.78, 5) is 0. The molecule has 138 valence electrons. The summed E-state index contributed by atoms with van der Waals surface area (Å²) in [7, 11) is 1.95. The second-order valence-electron chi connectivity index (χ2n) is 6.96. The number of aryl methyl sites for hydroxylation is 1. The van der Waals surface area contributed by atoms with Crippen LogP contribution >= 0.6 is 12.4 Å². The highest BCUT2D eigenvalue weighted by atomic mass is 35.5. The van der Waals surface area contributed by atoms with Gasteiger partial charge in [-0.1, -0.05) is 49.1 Å². The van der Waals surface area contributed by atoms with E-state index in [4.69, 9.17) is 9.84 Å². The number of rotatable bonds is 7. The number of hydrogen-bond acceptors (Lipinski definition) is 3. The minimum absolute atomic E-state index is 0. The fourth-order valence-electron chi connectivity index (χ4n) is 3.42. The highest BCUT2D eigenvalue weighted by Gasteiger charge is 2.17. The van der Waals surface area contributed by atoms with Gasteiger partial charge in [-0.25, -0.2) is 4.68 Å². The molecule has 1 aromatic carbocycles. The number of halogens is 1. The Balaban J connectivity index is 0.00000225. The fraction of sp³-hybridized carbons (Fsp3) is 0.550. The monoisotopic (exact) mass is 363 g/mol. The molecule has 0 aliphatic heterocycles. The van der Waals surface area contributed by atoms with Crippen molar-refractivity contribution in [3.63, 3.8) is 0 Å². The lowest BCUT2D eigenvalue weighted by atomic mass is 9.89. The Morgan fingerprint density at radius 1 is 1.16 bits per heavy atom. The van der Waals surface area contributed by atoms with Crippen LogP contribution in [0.1, 0.15) is 48.9 Å². The van der Waals surface area contributed by atoms with E-state index in [1.165, 1.54) is 43.2 Å². The largest absolute Gasteiger partial charge is 0.473 e. The molecular weight excluding hydrogens is 334 g/mol. The van der Waals surface area contributed by atoms with Gasteiger partial charge in [-0.2, -0.15) is 5.10 Å². The molecule has 1 heterocycles. The summed E-state index contributed by atoms with van der Waals surface area (Å²) in [6.45, 7) is 4.45. The Morgan fingerprint density at radius 3 is 2.56 bits per heavy atom. The predicted octanol–water partition coefficient (Wildman–Crippen LogP) is 4.49. The van der Waals surface area contributed by atoms with Crippen LogP contribution in [0.5, 0.6) is 5.88 Å². The second-order valence-corrected chi connectivity index (χ2v) is 6.96. The van der Waals surface area contributed by atoms with E-state index in [1.54, 1.807) is 0 Å². The molecule has 0 bridgehead atoms. The van der Waals surface area contributed by atoms with E-state index in [0.29, 0.717) is 6.61 Å². The van der Waals surface area contributed by atoms with Crippen molar-refractivity contribution < 1.29 is 4.74 Å². The maximum atomic E-state index is 6.10. The zero-order chi connectivity index (χ0) is 16.8. The number of benzene rings is 1. The van der Waals surface area contributed by atoms with Crippen molar-refractivity contribution in [1.82, 2.24) is 15.1 Å². The van der Waals surface area contributed by atoms with Crippen molar-refractivity contribution in [2.75, 3.05) is 7.05 Å². The Hall–Kier alpha value is -1.52. The van der Waals surface area contributed by atoms with Crippen molar-refractivity contribution >= 4 is 12.4 Å².